The molecular formula is C58H39N3OS. The Bertz CT molecular complexity index is 3280. The predicted molar refractivity (Wildman–Crippen MR) is 267 cm³/mol. The number of para-hydroxylation sites is 6. The predicted octanol–water partition coefficient (Wildman–Crippen LogP) is 17.5. The molecule has 0 unspecified atom stereocenters. The molecule has 9 aromatic carbocycles. The molecule has 5 heteroatoms. The molecule has 2 bridgehead atoms. The van der Waals surface area contributed by atoms with E-state index in [1.807, 2.05) is 11.3 Å². The average Bonchev–Trinajstić information content (AvgIpc) is 4.04. The summed E-state index contributed by atoms with van der Waals surface area (Å²) in [7, 11) is 0. The number of hydrogen-bond donors (Lipinski definition) is 0. The minimum atomic E-state index is 0.948. The monoisotopic (exact) mass is 825 g/mol. The lowest BCUT2D eigenvalue weighted by molar-refractivity contribution is 0.682. The zero-order valence-corrected chi connectivity index (χ0v) is 35.0. The lowest BCUT2D eigenvalue weighted by atomic mass is 9.97. The van der Waals surface area contributed by atoms with Crippen molar-refractivity contribution in [2.24, 2.45) is 0 Å². The van der Waals surface area contributed by atoms with Gasteiger partial charge in [0.25, 0.3) is 0 Å². The smallest absolute Gasteiger partial charge is 0.153 e. The summed E-state index contributed by atoms with van der Waals surface area (Å²) in [6.45, 7) is 0. The number of benzene rings is 10. The first kappa shape index (κ1) is 36.7. The molecular weight excluding hydrogens is 787 g/mol. The van der Waals surface area contributed by atoms with Crippen LogP contribution in [0.4, 0.5) is 51.2 Å². The van der Waals surface area contributed by atoms with E-state index in [0.29, 0.717) is 0 Å². The van der Waals surface area contributed by atoms with Gasteiger partial charge in [0.05, 0.1) is 4.70 Å². The van der Waals surface area contributed by atoms with E-state index in [-0.39, 0.29) is 0 Å². The lowest BCUT2D eigenvalue weighted by Gasteiger charge is -2.30. The van der Waals surface area contributed by atoms with E-state index in [0.717, 1.165) is 84.3 Å². The van der Waals surface area contributed by atoms with E-state index in [2.05, 4.69) is 251 Å². The van der Waals surface area contributed by atoms with E-state index in [1.165, 1.54) is 20.2 Å². The highest BCUT2D eigenvalue weighted by molar-refractivity contribution is 7.27. The van der Waals surface area contributed by atoms with Crippen LogP contribution in [-0.4, -0.2) is 0 Å². The van der Waals surface area contributed by atoms with Crippen molar-refractivity contribution in [3.63, 3.8) is 0 Å². The molecule has 63 heavy (non-hydrogen) atoms. The molecule has 0 saturated carbocycles. The zero-order valence-electron chi connectivity index (χ0n) is 34.2. The molecule has 0 radical (unpaired) electrons. The summed E-state index contributed by atoms with van der Waals surface area (Å²) in [5.74, 6) is 0. The Morgan fingerprint density at radius 2 is 0.635 bits per heavy atom. The van der Waals surface area contributed by atoms with Gasteiger partial charge in [0.2, 0.25) is 0 Å². The molecule has 0 aliphatic heterocycles. The number of nitrogens with zero attached hydrogens (tertiary/aromatic N) is 3. The molecule has 4 nitrogen and oxygen atoms in total. The van der Waals surface area contributed by atoms with Gasteiger partial charge in [0, 0.05) is 83.0 Å². The van der Waals surface area contributed by atoms with Gasteiger partial charge in [-0.05, 0) is 109 Å². The van der Waals surface area contributed by atoms with Crippen LogP contribution in [0.5, 0.6) is 0 Å². The Balaban J connectivity index is 1.20. The second-order valence-electron chi connectivity index (χ2n) is 15.7. The van der Waals surface area contributed by atoms with Crippen LogP contribution in [0.2, 0.25) is 0 Å². The van der Waals surface area contributed by atoms with Crippen LogP contribution in [0.15, 0.2) is 241 Å². The maximum Gasteiger partial charge on any atom is 0.153 e. The molecule has 0 N–H and O–H groups in total. The van der Waals surface area contributed by atoms with Crippen LogP contribution < -0.4 is 14.7 Å². The number of fused-ring (bicyclic) bond motifs is 10. The SMILES string of the molecule is c1ccc(N(c2ccccc2)c2cc(-c3cc(N(c4ccccc4)c4ccccc4)cc4c3sc3c5oc(c6ccccc65)c43)cc(N(c3ccccc3)c3ccccc3)c2)cc1. The van der Waals surface area contributed by atoms with E-state index in [4.69, 9.17) is 4.42 Å². The minimum Gasteiger partial charge on any atom is -0.454 e. The van der Waals surface area contributed by atoms with Gasteiger partial charge in [-0.1, -0.05) is 133 Å². The van der Waals surface area contributed by atoms with Crippen LogP contribution >= 0.6 is 11.3 Å². The highest BCUT2D eigenvalue weighted by Crippen LogP contribution is 2.53. The fourth-order valence-electron chi connectivity index (χ4n) is 9.17. The first-order chi connectivity index (χ1) is 31.3. The Labute approximate surface area is 369 Å². The van der Waals surface area contributed by atoms with Gasteiger partial charge in [-0.2, -0.15) is 0 Å². The first-order valence-electron chi connectivity index (χ1n) is 21.3. The molecule has 0 amide bonds. The second kappa shape index (κ2) is 15.4. The zero-order chi connectivity index (χ0) is 41.7. The van der Waals surface area contributed by atoms with Crippen LogP contribution in [0.25, 0.3) is 53.2 Å². The summed E-state index contributed by atoms with van der Waals surface area (Å²) >= 11 is 1.83. The molecule has 0 fully saturated rings. The van der Waals surface area contributed by atoms with Gasteiger partial charge in [0.1, 0.15) is 5.58 Å². The van der Waals surface area contributed by atoms with E-state index in [1.54, 1.807) is 0 Å². The third-order valence-electron chi connectivity index (χ3n) is 11.9. The maximum absolute atomic E-state index is 6.69. The Kier molecular flexibility index (Phi) is 8.98. The minimum absolute atomic E-state index is 0.948. The van der Waals surface area contributed by atoms with Crippen molar-refractivity contribution in [3.05, 3.63) is 237 Å². The average molecular weight is 826 g/mol. The summed E-state index contributed by atoms with van der Waals surface area (Å²) in [6.07, 6.45) is 0. The van der Waals surface area contributed by atoms with Crippen molar-refractivity contribution in [1.29, 1.82) is 0 Å². The summed E-state index contributed by atoms with van der Waals surface area (Å²) in [5, 5.41) is 4.67. The Hall–Kier alpha value is -8.12. The third-order valence-corrected chi connectivity index (χ3v) is 13.1. The van der Waals surface area contributed by atoms with Gasteiger partial charge < -0.3 is 19.1 Å². The summed E-state index contributed by atoms with van der Waals surface area (Å²) in [6, 6.07) is 84.5. The van der Waals surface area contributed by atoms with E-state index < -0.39 is 0 Å². The first-order valence-corrected chi connectivity index (χ1v) is 22.1. The molecule has 3 aromatic heterocycles. The van der Waals surface area contributed by atoms with E-state index in [9.17, 15) is 0 Å². The highest BCUT2D eigenvalue weighted by atomic mass is 32.1. The van der Waals surface area contributed by atoms with Crippen molar-refractivity contribution in [2.45, 2.75) is 0 Å². The van der Waals surface area contributed by atoms with Crippen LogP contribution in [0.3, 0.4) is 0 Å². The number of anilines is 9. The standard InChI is InChI=1S/C58H39N3OS/c1-7-21-41(22-8-1)59(42-23-9-2-10-24-42)47-35-40(36-48(37-47)60(43-25-11-3-12-26-43)44-27-13-4-14-28-44)52-38-49(61(45-29-15-5-16-30-45)46-31-17-6-18-32-46)39-53-54-55-50-33-19-20-34-51(50)56(62-55)58(54)63-57(52)53/h1-39H. The molecule has 298 valence electrons. The quantitative estimate of drug-likeness (QED) is 0.137. The van der Waals surface area contributed by atoms with E-state index >= 15 is 0 Å². The fraction of sp³-hybridized carbons (Fsp3) is 0. The highest BCUT2D eigenvalue weighted by Gasteiger charge is 2.26. The molecule has 0 spiro atoms. The number of hydrogen-bond acceptors (Lipinski definition) is 5. The number of furan rings is 2. The van der Waals surface area contributed by atoms with Gasteiger partial charge >= 0.3 is 0 Å². The summed E-state index contributed by atoms with van der Waals surface area (Å²) in [4.78, 5) is 7.11. The van der Waals surface area contributed by atoms with Crippen molar-refractivity contribution < 1.29 is 4.42 Å². The third kappa shape index (κ3) is 6.37. The second-order valence-corrected chi connectivity index (χ2v) is 16.8. The molecule has 0 aliphatic rings. The maximum atomic E-state index is 6.69. The topological polar surface area (TPSA) is 22.9 Å². The lowest BCUT2D eigenvalue weighted by Crippen LogP contribution is -2.13. The fourth-order valence-corrected chi connectivity index (χ4v) is 10.5. The Morgan fingerprint density at radius 1 is 0.286 bits per heavy atom. The van der Waals surface area contributed by atoms with Gasteiger partial charge in [-0.25, -0.2) is 0 Å². The molecule has 0 saturated heterocycles. The molecule has 12 rings (SSSR count). The largest absolute Gasteiger partial charge is 0.454 e. The van der Waals surface area contributed by atoms with Gasteiger partial charge in [0.15, 0.2) is 5.58 Å². The van der Waals surface area contributed by atoms with Crippen LogP contribution in [0.1, 0.15) is 0 Å². The van der Waals surface area contributed by atoms with Crippen LogP contribution in [-0.2, 0) is 0 Å². The Morgan fingerprint density at radius 3 is 1.03 bits per heavy atom. The van der Waals surface area contributed by atoms with Crippen molar-refractivity contribution >= 4 is 105 Å². The van der Waals surface area contributed by atoms with Gasteiger partial charge in [-0.15, -0.1) is 11.3 Å². The summed E-state index contributed by atoms with van der Waals surface area (Å²) in [5.41, 5.74) is 13.8. The molecule has 12 aromatic rings. The van der Waals surface area contributed by atoms with Crippen molar-refractivity contribution in [3.8, 4) is 11.1 Å². The van der Waals surface area contributed by atoms with Crippen LogP contribution in [0, 0.1) is 0 Å². The molecule has 3 heterocycles. The molecule has 0 aliphatic carbocycles. The number of rotatable bonds is 10. The normalized spacial score (nSPS) is 11.5. The summed E-state index contributed by atoms with van der Waals surface area (Å²) < 4.78 is 9.09. The molecule has 0 atom stereocenters. The van der Waals surface area contributed by atoms with Crippen molar-refractivity contribution in [1.82, 2.24) is 0 Å². The van der Waals surface area contributed by atoms with Crippen molar-refractivity contribution in [2.75, 3.05) is 14.7 Å². The number of thiophene rings is 1. The van der Waals surface area contributed by atoms with Gasteiger partial charge in [-0.3, -0.25) is 0 Å².